The highest BCUT2D eigenvalue weighted by atomic mass is 16.3. The Morgan fingerprint density at radius 1 is 1.21 bits per heavy atom. The summed E-state index contributed by atoms with van der Waals surface area (Å²) in [7, 11) is 0. The summed E-state index contributed by atoms with van der Waals surface area (Å²) in [6, 6.07) is 7.89. The topological polar surface area (TPSA) is 49.5 Å². The maximum absolute atomic E-state index is 9.39. The number of rotatable bonds is 1. The van der Waals surface area contributed by atoms with E-state index >= 15 is 0 Å². The average Bonchev–Trinajstić information content (AvgIpc) is 2.20. The van der Waals surface area contributed by atoms with E-state index in [4.69, 9.17) is 5.73 Å². The van der Waals surface area contributed by atoms with Gasteiger partial charge >= 0.3 is 0 Å². The van der Waals surface area contributed by atoms with Crippen molar-refractivity contribution >= 4 is 11.4 Å². The molecule has 0 amide bonds. The highest BCUT2D eigenvalue weighted by Crippen LogP contribution is 2.25. The van der Waals surface area contributed by atoms with Gasteiger partial charge in [0.25, 0.3) is 0 Å². The van der Waals surface area contributed by atoms with Crippen molar-refractivity contribution in [3.8, 4) is 0 Å². The second-order valence-corrected chi connectivity index (χ2v) is 3.78. The summed E-state index contributed by atoms with van der Waals surface area (Å²) >= 11 is 0. The SMILES string of the molecule is Nc1ccccc1N1CCC(O)CC1. The number of hydrogen-bond acceptors (Lipinski definition) is 3. The van der Waals surface area contributed by atoms with Gasteiger partial charge in [-0.3, -0.25) is 0 Å². The summed E-state index contributed by atoms with van der Waals surface area (Å²) in [6.07, 6.45) is 1.55. The Morgan fingerprint density at radius 2 is 1.86 bits per heavy atom. The van der Waals surface area contributed by atoms with Gasteiger partial charge in [0.05, 0.1) is 17.5 Å². The molecule has 1 aromatic carbocycles. The molecule has 0 aliphatic carbocycles. The van der Waals surface area contributed by atoms with Crippen molar-refractivity contribution in [1.29, 1.82) is 0 Å². The van der Waals surface area contributed by atoms with Gasteiger partial charge in [0.15, 0.2) is 0 Å². The first kappa shape index (κ1) is 9.34. The highest BCUT2D eigenvalue weighted by molar-refractivity contribution is 5.67. The zero-order valence-corrected chi connectivity index (χ0v) is 8.19. The Hall–Kier alpha value is -1.22. The van der Waals surface area contributed by atoms with Gasteiger partial charge in [0.1, 0.15) is 0 Å². The van der Waals surface area contributed by atoms with Crippen molar-refractivity contribution in [3.05, 3.63) is 24.3 Å². The minimum Gasteiger partial charge on any atom is -0.397 e. The van der Waals surface area contributed by atoms with E-state index in [0.717, 1.165) is 37.3 Å². The lowest BCUT2D eigenvalue weighted by Crippen LogP contribution is -2.36. The number of anilines is 2. The fourth-order valence-corrected chi connectivity index (χ4v) is 1.88. The molecule has 0 unspecified atom stereocenters. The lowest BCUT2D eigenvalue weighted by atomic mass is 10.1. The van der Waals surface area contributed by atoms with Gasteiger partial charge in [-0.25, -0.2) is 0 Å². The Labute approximate surface area is 84.1 Å². The molecule has 3 N–H and O–H groups in total. The van der Waals surface area contributed by atoms with Crippen LogP contribution in [0.15, 0.2) is 24.3 Å². The molecule has 1 saturated heterocycles. The zero-order valence-electron chi connectivity index (χ0n) is 8.19. The molecule has 2 rings (SSSR count). The van der Waals surface area contributed by atoms with Gasteiger partial charge < -0.3 is 15.7 Å². The van der Waals surface area contributed by atoms with E-state index in [1.54, 1.807) is 0 Å². The van der Waals surface area contributed by atoms with Crippen molar-refractivity contribution in [3.63, 3.8) is 0 Å². The molecule has 0 saturated carbocycles. The predicted molar refractivity (Wildman–Crippen MR) is 58.3 cm³/mol. The Balaban J connectivity index is 2.12. The van der Waals surface area contributed by atoms with Gasteiger partial charge in [-0.2, -0.15) is 0 Å². The average molecular weight is 192 g/mol. The summed E-state index contributed by atoms with van der Waals surface area (Å²) in [5.41, 5.74) is 7.80. The molecule has 3 heteroatoms. The van der Waals surface area contributed by atoms with E-state index in [1.165, 1.54) is 0 Å². The molecule has 1 aliphatic rings. The van der Waals surface area contributed by atoms with Gasteiger partial charge in [0.2, 0.25) is 0 Å². The monoisotopic (exact) mass is 192 g/mol. The molecule has 14 heavy (non-hydrogen) atoms. The van der Waals surface area contributed by atoms with Crippen LogP contribution >= 0.6 is 0 Å². The highest BCUT2D eigenvalue weighted by Gasteiger charge is 2.18. The fourth-order valence-electron chi connectivity index (χ4n) is 1.88. The van der Waals surface area contributed by atoms with Crippen molar-refractivity contribution < 1.29 is 5.11 Å². The smallest absolute Gasteiger partial charge is 0.0599 e. The Bertz CT molecular complexity index is 306. The molecule has 1 aliphatic heterocycles. The van der Waals surface area contributed by atoms with Gasteiger partial charge in [0, 0.05) is 13.1 Å². The van der Waals surface area contributed by atoms with E-state index in [1.807, 2.05) is 24.3 Å². The van der Waals surface area contributed by atoms with Crippen molar-refractivity contribution in [2.24, 2.45) is 0 Å². The van der Waals surface area contributed by atoms with Crippen LogP contribution in [0.25, 0.3) is 0 Å². The summed E-state index contributed by atoms with van der Waals surface area (Å²) < 4.78 is 0. The number of nitrogens with zero attached hydrogens (tertiary/aromatic N) is 1. The minimum absolute atomic E-state index is 0.129. The first-order valence-corrected chi connectivity index (χ1v) is 5.05. The van der Waals surface area contributed by atoms with Crippen LogP contribution in [-0.2, 0) is 0 Å². The molecule has 3 nitrogen and oxygen atoms in total. The number of aliphatic hydroxyl groups is 1. The normalized spacial score (nSPS) is 18.5. The van der Waals surface area contributed by atoms with Crippen molar-refractivity contribution in [2.75, 3.05) is 23.7 Å². The van der Waals surface area contributed by atoms with E-state index in [2.05, 4.69) is 4.90 Å². The number of piperidine rings is 1. The number of hydrogen-bond donors (Lipinski definition) is 2. The van der Waals surface area contributed by atoms with Crippen LogP contribution in [0.1, 0.15) is 12.8 Å². The van der Waals surface area contributed by atoms with Gasteiger partial charge in [-0.05, 0) is 25.0 Å². The number of nitrogen functional groups attached to an aromatic ring is 1. The van der Waals surface area contributed by atoms with Crippen molar-refractivity contribution in [2.45, 2.75) is 18.9 Å². The van der Waals surface area contributed by atoms with E-state index in [9.17, 15) is 5.11 Å². The molecule has 1 fully saturated rings. The lowest BCUT2D eigenvalue weighted by molar-refractivity contribution is 0.145. The molecule has 0 atom stereocenters. The molecular weight excluding hydrogens is 176 g/mol. The molecule has 0 bridgehead atoms. The van der Waals surface area contributed by atoms with E-state index in [0.29, 0.717) is 0 Å². The number of para-hydroxylation sites is 2. The third-order valence-corrected chi connectivity index (χ3v) is 2.74. The van der Waals surface area contributed by atoms with Crippen molar-refractivity contribution in [1.82, 2.24) is 0 Å². The summed E-state index contributed by atoms with van der Waals surface area (Å²) in [6.45, 7) is 1.80. The number of aliphatic hydroxyl groups excluding tert-OH is 1. The minimum atomic E-state index is -0.129. The summed E-state index contributed by atoms with van der Waals surface area (Å²) in [5, 5.41) is 9.39. The standard InChI is InChI=1S/C11H16N2O/c12-10-3-1-2-4-11(10)13-7-5-9(14)6-8-13/h1-4,9,14H,5-8,12H2. The second kappa shape index (κ2) is 3.88. The van der Waals surface area contributed by atoms with E-state index in [-0.39, 0.29) is 6.10 Å². The predicted octanol–water partition coefficient (Wildman–Crippen LogP) is 1.23. The van der Waals surface area contributed by atoms with Crippen LogP contribution in [-0.4, -0.2) is 24.3 Å². The van der Waals surface area contributed by atoms with Gasteiger partial charge in [-0.15, -0.1) is 0 Å². The molecule has 76 valence electrons. The van der Waals surface area contributed by atoms with Crippen LogP contribution < -0.4 is 10.6 Å². The Morgan fingerprint density at radius 3 is 2.50 bits per heavy atom. The van der Waals surface area contributed by atoms with Gasteiger partial charge in [-0.1, -0.05) is 12.1 Å². The quantitative estimate of drug-likeness (QED) is 0.658. The number of benzene rings is 1. The maximum Gasteiger partial charge on any atom is 0.0599 e. The third kappa shape index (κ3) is 1.82. The molecule has 0 spiro atoms. The lowest BCUT2D eigenvalue weighted by Gasteiger charge is -2.32. The van der Waals surface area contributed by atoms with Crippen LogP contribution in [0.3, 0.4) is 0 Å². The summed E-state index contributed by atoms with van der Waals surface area (Å²) in [4.78, 5) is 2.24. The molecule has 0 radical (unpaired) electrons. The van der Waals surface area contributed by atoms with Crippen LogP contribution in [0.5, 0.6) is 0 Å². The largest absolute Gasteiger partial charge is 0.397 e. The molecular formula is C11H16N2O. The zero-order chi connectivity index (χ0) is 9.97. The van der Waals surface area contributed by atoms with E-state index < -0.39 is 0 Å². The Kier molecular flexibility index (Phi) is 2.59. The molecule has 0 aromatic heterocycles. The summed E-state index contributed by atoms with van der Waals surface area (Å²) in [5.74, 6) is 0. The number of nitrogens with two attached hydrogens (primary N) is 1. The third-order valence-electron chi connectivity index (χ3n) is 2.74. The first-order valence-electron chi connectivity index (χ1n) is 5.05. The van der Waals surface area contributed by atoms with Crippen LogP contribution in [0.2, 0.25) is 0 Å². The maximum atomic E-state index is 9.39. The molecule has 1 heterocycles. The first-order chi connectivity index (χ1) is 6.77. The molecule has 1 aromatic rings. The second-order valence-electron chi connectivity index (χ2n) is 3.78. The fraction of sp³-hybridized carbons (Fsp3) is 0.455. The van der Waals surface area contributed by atoms with Crippen LogP contribution in [0.4, 0.5) is 11.4 Å². The van der Waals surface area contributed by atoms with Crippen LogP contribution in [0, 0.1) is 0 Å².